The van der Waals surface area contributed by atoms with E-state index in [0.717, 1.165) is 26.2 Å². The molecule has 1 saturated heterocycles. The molecule has 1 aromatic carbocycles. The van der Waals surface area contributed by atoms with E-state index in [-0.39, 0.29) is 5.54 Å². The number of ether oxygens (including phenoxy) is 1. The van der Waals surface area contributed by atoms with Crippen molar-refractivity contribution in [2.24, 2.45) is 0 Å². The van der Waals surface area contributed by atoms with Gasteiger partial charge in [0.05, 0.1) is 6.61 Å². The van der Waals surface area contributed by atoms with E-state index in [9.17, 15) is 0 Å². The molecule has 3 heteroatoms. The van der Waals surface area contributed by atoms with E-state index in [1.807, 2.05) is 12.4 Å². The lowest BCUT2D eigenvalue weighted by Gasteiger charge is -2.34. The highest BCUT2D eigenvalue weighted by molar-refractivity contribution is 5.84. The third kappa shape index (κ3) is 2.77. The Hall–Kier alpha value is -1.45. The van der Waals surface area contributed by atoms with Crippen molar-refractivity contribution in [3.8, 4) is 0 Å². The lowest BCUT2D eigenvalue weighted by atomic mass is 9.94. The number of benzene rings is 1. The molecule has 1 atom stereocenters. The van der Waals surface area contributed by atoms with Gasteiger partial charge in [-0.2, -0.15) is 0 Å². The van der Waals surface area contributed by atoms with Crippen molar-refractivity contribution in [2.75, 3.05) is 13.2 Å². The van der Waals surface area contributed by atoms with Crippen molar-refractivity contribution in [3.63, 3.8) is 0 Å². The highest BCUT2D eigenvalue weighted by Gasteiger charge is 2.26. The van der Waals surface area contributed by atoms with Gasteiger partial charge in [0, 0.05) is 36.5 Å². The Morgan fingerprint density at radius 1 is 1.32 bits per heavy atom. The van der Waals surface area contributed by atoms with Crippen molar-refractivity contribution < 1.29 is 4.74 Å². The summed E-state index contributed by atoms with van der Waals surface area (Å²) in [4.78, 5) is 4.33. The Balaban J connectivity index is 1.78. The minimum absolute atomic E-state index is 0.0925. The van der Waals surface area contributed by atoms with Crippen LogP contribution in [0.5, 0.6) is 0 Å². The first kappa shape index (κ1) is 12.6. The summed E-state index contributed by atoms with van der Waals surface area (Å²) in [5, 5.41) is 6.12. The van der Waals surface area contributed by atoms with Gasteiger partial charge in [0.2, 0.25) is 0 Å². The molecule has 0 spiro atoms. The smallest absolute Gasteiger partial charge is 0.0645 e. The Kier molecular flexibility index (Phi) is 3.49. The normalized spacial score (nSPS) is 23.6. The fourth-order valence-electron chi connectivity index (χ4n) is 2.70. The van der Waals surface area contributed by atoms with Crippen LogP contribution in [0.1, 0.15) is 25.3 Å². The molecule has 100 valence electrons. The zero-order valence-corrected chi connectivity index (χ0v) is 11.4. The van der Waals surface area contributed by atoms with Gasteiger partial charge in [0.25, 0.3) is 0 Å². The molecule has 1 aliphatic rings. The summed E-state index contributed by atoms with van der Waals surface area (Å²) in [6.45, 7) is 4.78. The molecule has 0 aliphatic carbocycles. The van der Waals surface area contributed by atoms with Crippen LogP contribution in [-0.2, 0) is 11.3 Å². The maximum absolute atomic E-state index is 5.58. The average molecular weight is 256 g/mol. The van der Waals surface area contributed by atoms with Gasteiger partial charge in [-0.3, -0.25) is 4.98 Å². The largest absolute Gasteiger partial charge is 0.380 e. The van der Waals surface area contributed by atoms with Crippen molar-refractivity contribution in [1.82, 2.24) is 10.3 Å². The van der Waals surface area contributed by atoms with Gasteiger partial charge in [0.1, 0.15) is 0 Å². The van der Waals surface area contributed by atoms with Crippen molar-refractivity contribution in [2.45, 2.75) is 31.8 Å². The third-order valence-corrected chi connectivity index (χ3v) is 3.89. The van der Waals surface area contributed by atoms with Gasteiger partial charge in [-0.05, 0) is 30.7 Å². The molecule has 1 fully saturated rings. The second kappa shape index (κ2) is 5.27. The van der Waals surface area contributed by atoms with Crippen LogP contribution in [0.2, 0.25) is 0 Å². The minimum Gasteiger partial charge on any atom is -0.380 e. The highest BCUT2D eigenvalue weighted by atomic mass is 16.5. The van der Waals surface area contributed by atoms with E-state index < -0.39 is 0 Å². The second-order valence-corrected chi connectivity index (χ2v) is 5.59. The molecule has 0 radical (unpaired) electrons. The number of nitrogens with zero attached hydrogens (tertiary/aromatic N) is 1. The van der Waals surface area contributed by atoms with Crippen molar-refractivity contribution in [1.29, 1.82) is 0 Å². The van der Waals surface area contributed by atoms with E-state index in [2.05, 4.69) is 41.5 Å². The molecule has 1 aliphatic heterocycles. The summed E-state index contributed by atoms with van der Waals surface area (Å²) in [5.41, 5.74) is 1.35. The number of aromatic nitrogens is 1. The van der Waals surface area contributed by atoms with Crippen LogP contribution in [0.4, 0.5) is 0 Å². The van der Waals surface area contributed by atoms with Crippen LogP contribution < -0.4 is 5.32 Å². The molecule has 0 saturated carbocycles. The van der Waals surface area contributed by atoms with Crippen molar-refractivity contribution >= 4 is 10.8 Å². The highest BCUT2D eigenvalue weighted by Crippen LogP contribution is 2.21. The molecule has 0 bridgehead atoms. The number of hydrogen-bond acceptors (Lipinski definition) is 3. The monoisotopic (exact) mass is 256 g/mol. The number of nitrogens with one attached hydrogen (secondary N) is 1. The van der Waals surface area contributed by atoms with Gasteiger partial charge < -0.3 is 10.1 Å². The Bertz CT molecular complexity index is 556. The number of pyridine rings is 1. The molecule has 3 rings (SSSR count). The Morgan fingerprint density at radius 2 is 2.21 bits per heavy atom. The van der Waals surface area contributed by atoms with E-state index in [4.69, 9.17) is 4.74 Å². The summed E-state index contributed by atoms with van der Waals surface area (Å²) >= 11 is 0. The molecule has 2 heterocycles. The molecule has 1 unspecified atom stereocenters. The third-order valence-electron chi connectivity index (χ3n) is 3.89. The summed E-state index contributed by atoms with van der Waals surface area (Å²) in [7, 11) is 0. The number of rotatable bonds is 3. The van der Waals surface area contributed by atoms with E-state index >= 15 is 0 Å². The van der Waals surface area contributed by atoms with Crippen LogP contribution in [0.15, 0.2) is 36.7 Å². The first-order valence-corrected chi connectivity index (χ1v) is 6.91. The molecule has 3 nitrogen and oxygen atoms in total. The molecule has 2 aromatic rings. The topological polar surface area (TPSA) is 34.2 Å². The van der Waals surface area contributed by atoms with E-state index in [1.54, 1.807) is 0 Å². The second-order valence-electron chi connectivity index (χ2n) is 5.59. The van der Waals surface area contributed by atoms with E-state index in [1.165, 1.54) is 22.8 Å². The quantitative estimate of drug-likeness (QED) is 0.917. The molecule has 1 N–H and O–H groups in total. The Morgan fingerprint density at radius 3 is 3.05 bits per heavy atom. The molecular formula is C16H20N2O. The average Bonchev–Trinajstić information content (AvgIpc) is 2.46. The zero-order chi connectivity index (χ0) is 13.1. The summed E-state index contributed by atoms with van der Waals surface area (Å²) in [6.07, 6.45) is 6.19. The lowest BCUT2D eigenvalue weighted by Crippen LogP contribution is -2.48. The fourth-order valence-corrected chi connectivity index (χ4v) is 2.70. The standard InChI is InChI=1S/C16H20N2O/c1-16(7-4-8-19-12-16)18-11-14-10-17-9-13-5-2-3-6-15(13)14/h2-3,5-6,9-10,18H,4,7-8,11-12H2,1H3. The van der Waals surface area contributed by atoms with Gasteiger partial charge >= 0.3 is 0 Å². The van der Waals surface area contributed by atoms with Crippen LogP contribution >= 0.6 is 0 Å². The van der Waals surface area contributed by atoms with Gasteiger partial charge in [-0.1, -0.05) is 24.3 Å². The summed E-state index contributed by atoms with van der Waals surface area (Å²) in [5.74, 6) is 0. The SMILES string of the molecule is CC1(NCc2cncc3ccccc23)CCCOC1. The number of fused-ring (bicyclic) bond motifs is 1. The molecule has 0 amide bonds. The van der Waals surface area contributed by atoms with Crippen LogP contribution in [0.25, 0.3) is 10.8 Å². The molecular weight excluding hydrogens is 236 g/mol. The lowest BCUT2D eigenvalue weighted by molar-refractivity contribution is 0.0278. The first-order valence-electron chi connectivity index (χ1n) is 6.91. The predicted octanol–water partition coefficient (Wildman–Crippen LogP) is 2.89. The van der Waals surface area contributed by atoms with Crippen LogP contribution in [0.3, 0.4) is 0 Å². The van der Waals surface area contributed by atoms with Gasteiger partial charge in [-0.25, -0.2) is 0 Å². The fraction of sp³-hybridized carbons (Fsp3) is 0.438. The van der Waals surface area contributed by atoms with Gasteiger partial charge in [0.15, 0.2) is 0 Å². The summed E-state index contributed by atoms with van der Waals surface area (Å²) < 4.78 is 5.58. The van der Waals surface area contributed by atoms with Gasteiger partial charge in [-0.15, -0.1) is 0 Å². The predicted molar refractivity (Wildman–Crippen MR) is 77.0 cm³/mol. The number of hydrogen-bond donors (Lipinski definition) is 1. The zero-order valence-electron chi connectivity index (χ0n) is 11.4. The molecule has 1 aromatic heterocycles. The van der Waals surface area contributed by atoms with Crippen LogP contribution in [-0.4, -0.2) is 23.7 Å². The van der Waals surface area contributed by atoms with E-state index in [0.29, 0.717) is 0 Å². The summed E-state index contributed by atoms with van der Waals surface area (Å²) in [6, 6.07) is 8.40. The molecule has 19 heavy (non-hydrogen) atoms. The van der Waals surface area contributed by atoms with Crippen molar-refractivity contribution in [3.05, 3.63) is 42.2 Å². The maximum atomic E-state index is 5.58. The maximum Gasteiger partial charge on any atom is 0.0645 e. The minimum atomic E-state index is 0.0925. The first-order chi connectivity index (χ1) is 9.27. The Labute approximate surface area is 114 Å². The van der Waals surface area contributed by atoms with Crippen LogP contribution in [0, 0.1) is 0 Å².